The highest BCUT2D eigenvalue weighted by atomic mass is 16.5. The van der Waals surface area contributed by atoms with Gasteiger partial charge in [-0.25, -0.2) is 0 Å². The van der Waals surface area contributed by atoms with Crippen molar-refractivity contribution in [2.45, 2.75) is 44.1 Å². The van der Waals surface area contributed by atoms with E-state index in [-0.39, 0.29) is 17.3 Å². The molecular weight excluding hydrogens is 228 g/mol. The summed E-state index contributed by atoms with van der Waals surface area (Å²) in [6, 6.07) is 1.76. The van der Waals surface area contributed by atoms with Gasteiger partial charge in [-0.2, -0.15) is 10.2 Å². The molecule has 1 atom stereocenters. The average Bonchev–Trinajstić information content (AvgIpc) is 2.87. The molecule has 1 aromatic rings. The highest BCUT2D eigenvalue weighted by Crippen LogP contribution is 2.42. The minimum absolute atomic E-state index is 0.000957. The van der Waals surface area contributed by atoms with Crippen molar-refractivity contribution < 1.29 is 9.53 Å². The second kappa shape index (κ2) is 4.76. The summed E-state index contributed by atoms with van der Waals surface area (Å²) in [5.74, 6) is 0.306. The van der Waals surface area contributed by atoms with Crippen molar-refractivity contribution in [2.75, 3.05) is 6.61 Å². The molecule has 2 fully saturated rings. The van der Waals surface area contributed by atoms with E-state index >= 15 is 0 Å². The van der Waals surface area contributed by atoms with Gasteiger partial charge in [0, 0.05) is 18.1 Å². The van der Waals surface area contributed by atoms with Crippen molar-refractivity contribution in [1.29, 1.82) is 0 Å². The third-order valence-corrected chi connectivity index (χ3v) is 4.25. The molecule has 1 saturated carbocycles. The molecule has 0 amide bonds. The van der Waals surface area contributed by atoms with Crippen LogP contribution in [0, 0.1) is 5.92 Å². The summed E-state index contributed by atoms with van der Waals surface area (Å²) >= 11 is 0. The molecule has 4 heteroatoms. The van der Waals surface area contributed by atoms with E-state index in [4.69, 9.17) is 4.74 Å². The van der Waals surface area contributed by atoms with Crippen molar-refractivity contribution >= 4 is 5.78 Å². The summed E-state index contributed by atoms with van der Waals surface area (Å²) in [6.45, 7) is 0.717. The molecule has 3 rings (SSSR count). The van der Waals surface area contributed by atoms with Crippen molar-refractivity contribution in [3.63, 3.8) is 0 Å². The number of hydrogen-bond donors (Lipinski definition) is 0. The maximum atomic E-state index is 12.4. The van der Waals surface area contributed by atoms with Crippen LogP contribution in [0.5, 0.6) is 0 Å². The molecule has 1 saturated heterocycles. The Hall–Kier alpha value is -1.29. The molecule has 1 spiro atoms. The molecule has 0 radical (unpaired) electrons. The lowest BCUT2D eigenvalue weighted by atomic mass is 9.81. The maximum absolute atomic E-state index is 12.4. The molecule has 1 aliphatic carbocycles. The Kier molecular flexibility index (Phi) is 3.12. The number of Topliss-reactive ketones (excluding diaryl/α,β-unsaturated/α-hetero) is 1. The Morgan fingerprint density at radius 2 is 2.17 bits per heavy atom. The zero-order valence-electron chi connectivity index (χ0n) is 10.5. The summed E-state index contributed by atoms with van der Waals surface area (Å²) in [4.78, 5) is 12.4. The lowest BCUT2D eigenvalue weighted by Crippen LogP contribution is -2.39. The third-order valence-electron chi connectivity index (χ3n) is 4.25. The largest absolute Gasteiger partial charge is 0.375 e. The molecule has 96 valence electrons. The highest BCUT2D eigenvalue weighted by Gasteiger charge is 2.41. The van der Waals surface area contributed by atoms with E-state index in [1.165, 1.54) is 12.8 Å². The van der Waals surface area contributed by atoms with Gasteiger partial charge in [-0.3, -0.25) is 4.79 Å². The lowest BCUT2D eigenvalue weighted by molar-refractivity contribution is -0.0866. The van der Waals surface area contributed by atoms with Crippen molar-refractivity contribution in [3.05, 3.63) is 24.0 Å². The minimum Gasteiger partial charge on any atom is -0.375 e. The lowest BCUT2D eigenvalue weighted by Gasteiger charge is -2.37. The topological polar surface area (TPSA) is 52.1 Å². The second-order valence-electron chi connectivity index (χ2n) is 5.42. The molecule has 1 aliphatic heterocycles. The Bertz CT molecular complexity index is 427. The van der Waals surface area contributed by atoms with Crippen LogP contribution in [0.25, 0.3) is 0 Å². The van der Waals surface area contributed by atoms with Crippen LogP contribution in [0.1, 0.15) is 48.9 Å². The van der Waals surface area contributed by atoms with Gasteiger partial charge in [0.15, 0.2) is 5.78 Å². The zero-order chi connectivity index (χ0) is 12.4. The van der Waals surface area contributed by atoms with E-state index in [1.807, 2.05) is 0 Å². The number of ether oxygens (including phenoxy) is 1. The van der Waals surface area contributed by atoms with E-state index in [2.05, 4.69) is 10.2 Å². The van der Waals surface area contributed by atoms with Crippen LogP contribution in [0.3, 0.4) is 0 Å². The summed E-state index contributed by atoms with van der Waals surface area (Å²) in [5.41, 5.74) is 0.684. The predicted molar refractivity (Wildman–Crippen MR) is 66.2 cm³/mol. The highest BCUT2D eigenvalue weighted by molar-refractivity contribution is 5.97. The molecule has 2 heterocycles. The normalized spacial score (nSPS) is 26.3. The number of ketones is 1. The van der Waals surface area contributed by atoms with E-state index in [0.717, 1.165) is 32.3 Å². The minimum atomic E-state index is -0.000957. The van der Waals surface area contributed by atoms with Crippen LogP contribution in [-0.4, -0.2) is 28.2 Å². The van der Waals surface area contributed by atoms with Crippen LogP contribution >= 0.6 is 0 Å². The van der Waals surface area contributed by atoms with Gasteiger partial charge >= 0.3 is 0 Å². The fourth-order valence-corrected chi connectivity index (χ4v) is 3.29. The van der Waals surface area contributed by atoms with Gasteiger partial charge in [-0.1, -0.05) is 12.8 Å². The van der Waals surface area contributed by atoms with Crippen LogP contribution in [0.2, 0.25) is 0 Å². The molecule has 1 aromatic heterocycles. The quantitative estimate of drug-likeness (QED) is 0.752. The second-order valence-corrected chi connectivity index (χ2v) is 5.42. The first-order chi connectivity index (χ1) is 8.79. The molecule has 0 bridgehead atoms. The molecule has 0 aromatic carbocycles. The number of aromatic nitrogens is 2. The fourth-order valence-electron chi connectivity index (χ4n) is 3.29. The van der Waals surface area contributed by atoms with Crippen molar-refractivity contribution in [2.24, 2.45) is 5.92 Å². The smallest absolute Gasteiger partial charge is 0.167 e. The first kappa shape index (κ1) is 11.8. The van der Waals surface area contributed by atoms with Gasteiger partial charge in [0.2, 0.25) is 0 Å². The summed E-state index contributed by atoms with van der Waals surface area (Å²) in [5, 5.41) is 7.50. The van der Waals surface area contributed by atoms with Gasteiger partial charge in [0.25, 0.3) is 0 Å². The maximum Gasteiger partial charge on any atom is 0.167 e. The number of rotatable bonds is 2. The Labute approximate surface area is 107 Å². The van der Waals surface area contributed by atoms with Gasteiger partial charge in [0.1, 0.15) is 0 Å². The van der Waals surface area contributed by atoms with E-state index in [1.54, 1.807) is 18.5 Å². The number of nitrogens with zero attached hydrogens (tertiary/aromatic N) is 2. The first-order valence-corrected chi connectivity index (χ1v) is 6.74. The molecule has 18 heavy (non-hydrogen) atoms. The van der Waals surface area contributed by atoms with Crippen LogP contribution < -0.4 is 0 Å². The van der Waals surface area contributed by atoms with Crippen molar-refractivity contribution in [1.82, 2.24) is 10.2 Å². The zero-order valence-corrected chi connectivity index (χ0v) is 10.5. The monoisotopic (exact) mass is 246 g/mol. The van der Waals surface area contributed by atoms with Crippen LogP contribution in [0.4, 0.5) is 0 Å². The van der Waals surface area contributed by atoms with E-state index in [9.17, 15) is 4.79 Å². The third kappa shape index (κ3) is 2.17. The van der Waals surface area contributed by atoms with Gasteiger partial charge in [0.05, 0.1) is 18.0 Å². The predicted octanol–water partition coefficient (Wildman–Crippen LogP) is 2.40. The van der Waals surface area contributed by atoms with E-state index < -0.39 is 0 Å². The molecular formula is C14H18N2O2. The average molecular weight is 246 g/mol. The van der Waals surface area contributed by atoms with Crippen molar-refractivity contribution in [3.8, 4) is 0 Å². The summed E-state index contributed by atoms with van der Waals surface area (Å²) in [7, 11) is 0. The molecule has 0 N–H and O–H groups in total. The van der Waals surface area contributed by atoms with E-state index in [0.29, 0.717) is 5.56 Å². The first-order valence-electron chi connectivity index (χ1n) is 6.74. The fraction of sp³-hybridized carbons (Fsp3) is 0.643. The summed E-state index contributed by atoms with van der Waals surface area (Å²) in [6.07, 6.45) is 9.57. The number of hydrogen-bond acceptors (Lipinski definition) is 4. The SMILES string of the molecule is O=C(c1ccnnc1)C1CCOC2(CCCC2)C1. The van der Waals surface area contributed by atoms with Gasteiger partial charge in [-0.15, -0.1) is 0 Å². The van der Waals surface area contributed by atoms with Crippen LogP contribution in [0.15, 0.2) is 18.5 Å². The van der Waals surface area contributed by atoms with Crippen LogP contribution in [-0.2, 0) is 4.74 Å². The molecule has 2 aliphatic rings. The number of carbonyl (C=O) groups is 1. The Morgan fingerprint density at radius 3 is 2.89 bits per heavy atom. The molecule has 1 unspecified atom stereocenters. The van der Waals surface area contributed by atoms with Gasteiger partial charge < -0.3 is 4.74 Å². The molecule has 4 nitrogen and oxygen atoms in total. The van der Waals surface area contributed by atoms with Gasteiger partial charge in [-0.05, 0) is 31.7 Å². The standard InChI is InChI=1S/C14H18N2O2/c17-13(12-3-7-15-16-10-12)11-4-8-18-14(9-11)5-1-2-6-14/h3,7,10-11H,1-2,4-6,8-9H2. The Morgan fingerprint density at radius 1 is 1.33 bits per heavy atom. The summed E-state index contributed by atoms with van der Waals surface area (Å²) < 4.78 is 5.96. The Balaban J connectivity index is 1.74. The number of carbonyl (C=O) groups excluding carboxylic acids is 1.